The molecule has 5 nitrogen and oxygen atoms in total. The number of hydrogen-bond acceptors (Lipinski definition) is 3. The highest BCUT2D eigenvalue weighted by Crippen LogP contribution is 2.09. The van der Waals surface area contributed by atoms with Crippen LogP contribution in [0.15, 0.2) is 0 Å². The van der Waals surface area contributed by atoms with E-state index >= 15 is 0 Å². The van der Waals surface area contributed by atoms with Crippen LogP contribution in [0.4, 0.5) is 0 Å². The lowest BCUT2D eigenvalue weighted by Gasteiger charge is -2.24. The van der Waals surface area contributed by atoms with Gasteiger partial charge in [-0.3, -0.25) is 9.59 Å². The van der Waals surface area contributed by atoms with Crippen molar-refractivity contribution in [3.8, 4) is 0 Å². The molecule has 106 valence electrons. The van der Waals surface area contributed by atoms with Crippen LogP contribution in [0, 0.1) is 5.92 Å². The van der Waals surface area contributed by atoms with Crippen molar-refractivity contribution >= 4 is 24.2 Å². The summed E-state index contributed by atoms with van der Waals surface area (Å²) in [6.07, 6.45) is 1.55. The smallest absolute Gasteiger partial charge is 0.237 e. The number of halogens is 1. The molecule has 0 aromatic rings. The Bertz CT molecular complexity index is 297. The first-order valence-electron chi connectivity index (χ1n) is 6.25. The largest absolute Gasteiger partial charge is 0.351 e. The van der Waals surface area contributed by atoms with Crippen LogP contribution in [0.5, 0.6) is 0 Å². The van der Waals surface area contributed by atoms with Gasteiger partial charge in [-0.2, -0.15) is 0 Å². The van der Waals surface area contributed by atoms with Crippen molar-refractivity contribution < 1.29 is 9.59 Å². The summed E-state index contributed by atoms with van der Waals surface area (Å²) in [6, 6.07) is -0.527. The molecule has 1 aliphatic rings. The molecular formula is C12H24ClN3O2. The highest BCUT2D eigenvalue weighted by atomic mass is 35.5. The molecule has 0 aromatic heterocycles. The second-order valence-corrected chi connectivity index (χ2v) is 5.12. The van der Waals surface area contributed by atoms with Crippen molar-refractivity contribution in [1.29, 1.82) is 0 Å². The number of amides is 2. The normalized spacial score (nSPS) is 18.5. The maximum Gasteiger partial charge on any atom is 0.237 e. The number of hydrogen-bond donors (Lipinski definition) is 2. The molecule has 1 rings (SSSR count). The summed E-state index contributed by atoms with van der Waals surface area (Å²) >= 11 is 0. The number of carbonyl (C=O) groups is 2. The van der Waals surface area contributed by atoms with E-state index in [4.69, 9.17) is 5.73 Å². The van der Waals surface area contributed by atoms with Gasteiger partial charge in [-0.15, -0.1) is 12.4 Å². The summed E-state index contributed by atoms with van der Waals surface area (Å²) in [5, 5.41) is 2.85. The molecular weight excluding hydrogens is 254 g/mol. The maximum absolute atomic E-state index is 11.7. The Hall–Kier alpha value is -0.810. The summed E-state index contributed by atoms with van der Waals surface area (Å²) < 4.78 is 0. The zero-order valence-electron chi connectivity index (χ0n) is 11.3. The Labute approximate surface area is 115 Å². The number of rotatable bonds is 5. The van der Waals surface area contributed by atoms with Crippen molar-refractivity contribution in [1.82, 2.24) is 10.2 Å². The minimum Gasteiger partial charge on any atom is -0.351 e. The lowest BCUT2D eigenvalue weighted by atomic mass is 10.0. The second-order valence-electron chi connectivity index (χ2n) is 5.12. The van der Waals surface area contributed by atoms with E-state index in [9.17, 15) is 9.59 Å². The number of likely N-dealkylation sites (tertiary alicyclic amines) is 1. The fourth-order valence-corrected chi connectivity index (χ4v) is 1.92. The maximum atomic E-state index is 11.7. The van der Waals surface area contributed by atoms with Gasteiger partial charge in [0.25, 0.3) is 0 Å². The molecule has 1 aliphatic heterocycles. The zero-order chi connectivity index (χ0) is 13.0. The Balaban J connectivity index is 0.00000289. The molecule has 0 saturated carbocycles. The molecule has 6 heteroatoms. The average molecular weight is 278 g/mol. The Kier molecular flexibility index (Phi) is 7.25. The van der Waals surface area contributed by atoms with Crippen LogP contribution in [0.2, 0.25) is 0 Å². The predicted molar refractivity (Wildman–Crippen MR) is 73.5 cm³/mol. The molecule has 0 spiro atoms. The molecule has 1 saturated heterocycles. The van der Waals surface area contributed by atoms with Crippen LogP contribution < -0.4 is 11.1 Å². The van der Waals surface area contributed by atoms with Crippen LogP contribution in [0.25, 0.3) is 0 Å². The van der Waals surface area contributed by atoms with E-state index in [0.29, 0.717) is 13.0 Å². The van der Waals surface area contributed by atoms with Crippen molar-refractivity contribution in [2.75, 3.05) is 13.1 Å². The van der Waals surface area contributed by atoms with Crippen molar-refractivity contribution in [2.24, 2.45) is 11.7 Å². The van der Waals surface area contributed by atoms with E-state index in [0.717, 1.165) is 13.0 Å². The molecule has 0 radical (unpaired) electrons. The van der Waals surface area contributed by atoms with Crippen molar-refractivity contribution in [3.05, 3.63) is 0 Å². The highest BCUT2D eigenvalue weighted by molar-refractivity contribution is 5.85. The molecule has 1 unspecified atom stereocenters. The van der Waals surface area contributed by atoms with Crippen molar-refractivity contribution in [3.63, 3.8) is 0 Å². The van der Waals surface area contributed by atoms with Gasteiger partial charge in [0.05, 0.1) is 6.04 Å². The van der Waals surface area contributed by atoms with Crippen LogP contribution in [-0.2, 0) is 9.59 Å². The molecule has 0 bridgehead atoms. The van der Waals surface area contributed by atoms with Gasteiger partial charge in [0.2, 0.25) is 11.8 Å². The van der Waals surface area contributed by atoms with E-state index in [2.05, 4.69) is 5.32 Å². The zero-order valence-corrected chi connectivity index (χ0v) is 12.1. The lowest BCUT2D eigenvalue weighted by molar-refractivity contribution is -0.129. The van der Waals surface area contributed by atoms with Gasteiger partial charge in [0.15, 0.2) is 0 Å². The van der Waals surface area contributed by atoms with E-state index in [1.54, 1.807) is 4.90 Å². The molecule has 1 heterocycles. The number of nitrogens with one attached hydrogen (secondary N) is 1. The molecule has 1 fully saturated rings. The van der Waals surface area contributed by atoms with Crippen LogP contribution >= 0.6 is 12.4 Å². The Morgan fingerprint density at radius 3 is 2.50 bits per heavy atom. The van der Waals surface area contributed by atoms with E-state index in [1.165, 1.54) is 0 Å². The molecule has 0 aliphatic carbocycles. The highest BCUT2D eigenvalue weighted by Gasteiger charge is 2.24. The number of nitrogens with two attached hydrogens (primary N) is 1. The van der Waals surface area contributed by atoms with Crippen LogP contribution in [0.1, 0.15) is 33.6 Å². The molecule has 3 N–H and O–H groups in total. The number of nitrogens with zero attached hydrogens (tertiary/aromatic N) is 1. The first-order chi connectivity index (χ1) is 7.91. The Morgan fingerprint density at radius 2 is 2.06 bits per heavy atom. The topological polar surface area (TPSA) is 75.4 Å². The summed E-state index contributed by atoms with van der Waals surface area (Å²) in [5.41, 5.74) is 5.75. The summed E-state index contributed by atoms with van der Waals surface area (Å²) in [4.78, 5) is 24.9. The second kappa shape index (κ2) is 7.59. The first kappa shape index (κ1) is 17.2. The fourth-order valence-electron chi connectivity index (χ4n) is 1.92. The Morgan fingerprint density at radius 1 is 1.44 bits per heavy atom. The van der Waals surface area contributed by atoms with E-state index in [-0.39, 0.29) is 36.2 Å². The lowest BCUT2D eigenvalue weighted by Crippen LogP contribution is -2.50. The average Bonchev–Trinajstić information content (AvgIpc) is 2.62. The third kappa shape index (κ3) is 4.82. The molecule has 2 amide bonds. The summed E-state index contributed by atoms with van der Waals surface area (Å²) in [6.45, 7) is 7.11. The van der Waals surface area contributed by atoms with Crippen LogP contribution in [-0.4, -0.2) is 41.9 Å². The van der Waals surface area contributed by atoms with Gasteiger partial charge in [0.1, 0.15) is 0 Å². The van der Waals surface area contributed by atoms with Gasteiger partial charge >= 0.3 is 0 Å². The van der Waals surface area contributed by atoms with Crippen LogP contribution in [0.3, 0.4) is 0 Å². The minimum absolute atomic E-state index is 0. The third-order valence-corrected chi connectivity index (χ3v) is 3.08. The number of carbonyl (C=O) groups excluding carboxylic acids is 2. The standard InChI is InChI=1S/C12H23N3O2.ClH/c1-8(2)11(13)12(17)14-9(3)7-15-6-4-5-10(15)16;/h8-9,11H,4-7,13H2,1-3H3,(H,14,17);1H/t9?,11-;/m0./s1. The van der Waals surface area contributed by atoms with Gasteiger partial charge < -0.3 is 16.0 Å². The summed E-state index contributed by atoms with van der Waals surface area (Å²) in [7, 11) is 0. The molecule has 0 aromatic carbocycles. The SMILES string of the molecule is CC(CN1CCCC1=O)NC(=O)[C@@H](N)C(C)C.Cl. The summed E-state index contributed by atoms with van der Waals surface area (Å²) in [5.74, 6) is 0.161. The fraction of sp³-hybridized carbons (Fsp3) is 0.833. The minimum atomic E-state index is -0.480. The monoisotopic (exact) mass is 277 g/mol. The first-order valence-corrected chi connectivity index (χ1v) is 6.25. The van der Waals surface area contributed by atoms with Gasteiger partial charge in [-0.05, 0) is 19.3 Å². The van der Waals surface area contributed by atoms with Gasteiger partial charge in [0, 0.05) is 25.6 Å². The van der Waals surface area contributed by atoms with E-state index in [1.807, 2.05) is 20.8 Å². The van der Waals surface area contributed by atoms with Gasteiger partial charge in [-0.1, -0.05) is 13.8 Å². The van der Waals surface area contributed by atoms with Gasteiger partial charge in [-0.25, -0.2) is 0 Å². The van der Waals surface area contributed by atoms with Crippen molar-refractivity contribution in [2.45, 2.75) is 45.7 Å². The van der Waals surface area contributed by atoms with E-state index < -0.39 is 6.04 Å². The molecule has 2 atom stereocenters. The quantitative estimate of drug-likeness (QED) is 0.769. The molecule has 18 heavy (non-hydrogen) atoms. The third-order valence-electron chi connectivity index (χ3n) is 3.08. The predicted octanol–water partition coefficient (Wildman–Crippen LogP) is 0.519.